The Bertz CT molecular complexity index is 1110. The van der Waals surface area contributed by atoms with Crippen LogP contribution in [0.3, 0.4) is 0 Å². The van der Waals surface area contributed by atoms with Crippen LogP contribution in [-0.2, 0) is 0 Å². The fourth-order valence-electron chi connectivity index (χ4n) is 3.28. The zero-order valence-corrected chi connectivity index (χ0v) is 16.4. The van der Waals surface area contributed by atoms with Gasteiger partial charge in [0.15, 0.2) is 11.6 Å². The number of pyridine rings is 1. The lowest BCUT2D eigenvalue weighted by atomic mass is 10.2. The fourth-order valence-corrected chi connectivity index (χ4v) is 4.18. The minimum absolute atomic E-state index is 0.249. The number of para-hydroxylation sites is 2. The van der Waals surface area contributed by atoms with Gasteiger partial charge in [-0.2, -0.15) is 16.9 Å². The van der Waals surface area contributed by atoms with Crippen LogP contribution in [0.5, 0.6) is 0 Å². The number of anilines is 2. The van der Waals surface area contributed by atoms with E-state index < -0.39 is 0 Å². The number of nitrogens with one attached hydrogen (secondary N) is 3. The number of hydrogen-bond donors (Lipinski definition) is 3. The molecular formula is C20H19N7OS. The summed E-state index contributed by atoms with van der Waals surface area (Å²) in [7, 11) is 0. The maximum Gasteiger partial charge on any atom is 0.258 e. The van der Waals surface area contributed by atoms with Gasteiger partial charge in [0.1, 0.15) is 11.5 Å². The van der Waals surface area contributed by atoms with Crippen molar-refractivity contribution >= 4 is 40.3 Å². The van der Waals surface area contributed by atoms with Gasteiger partial charge in [-0.15, -0.1) is 0 Å². The Morgan fingerprint density at radius 2 is 2.00 bits per heavy atom. The zero-order chi connectivity index (χ0) is 19.6. The number of rotatable bonds is 4. The molecule has 5 rings (SSSR count). The first-order chi connectivity index (χ1) is 14.3. The van der Waals surface area contributed by atoms with Gasteiger partial charge in [-0.25, -0.2) is 9.97 Å². The number of thioether (sulfide) groups is 1. The summed E-state index contributed by atoms with van der Waals surface area (Å²) in [4.78, 5) is 27.0. The molecule has 0 saturated carbocycles. The number of aromatic nitrogens is 5. The average Bonchev–Trinajstić information content (AvgIpc) is 3.41. The largest absolute Gasteiger partial charge is 0.355 e. The number of fused-ring (bicyclic) bond motifs is 1. The monoisotopic (exact) mass is 405 g/mol. The Labute approximate surface area is 171 Å². The lowest BCUT2D eigenvalue weighted by molar-refractivity contribution is 0.102. The number of nitrogens with zero attached hydrogens (tertiary/aromatic N) is 4. The molecule has 0 atom stereocenters. The molecule has 0 radical (unpaired) electrons. The van der Waals surface area contributed by atoms with E-state index in [1.165, 1.54) is 0 Å². The third kappa shape index (κ3) is 3.68. The summed E-state index contributed by atoms with van der Waals surface area (Å²) in [5, 5.41) is 9.88. The van der Waals surface area contributed by atoms with Crippen LogP contribution in [0.1, 0.15) is 10.4 Å². The molecule has 3 N–H and O–H groups in total. The molecule has 1 aliphatic rings. The predicted octanol–water partition coefficient (Wildman–Crippen LogP) is 3.15. The number of carbonyl (C=O) groups is 1. The quantitative estimate of drug-likeness (QED) is 0.482. The fraction of sp³-hybridized carbons (Fsp3) is 0.200. The van der Waals surface area contributed by atoms with Gasteiger partial charge in [0.2, 0.25) is 0 Å². The molecule has 146 valence electrons. The summed E-state index contributed by atoms with van der Waals surface area (Å²) < 4.78 is 0. The minimum atomic E-state index is -0.249. The Morgan fingerprint density at radius 1 is 1.14 bits per heavy atom. The van der Waals surface area contributed by atoms with E-state index in [0.717, 1.165) is 41.4 Å². The van der Waals surface area contributed by atoms with Crippen molar-refractivity contribution in [3.63, 3.8) is 0 Å². The Morgan fingerprint density at radius 3 is 2.79 bits per heavy atom. The Kier molecular flexibility index (Phi) is 4.65. The number of imidazole rings is 1. The van der Waals surface area contributed by atoms with Crippen LogP contribution in [0.2, 0.25) is 0 Å². The highest BCUT2D eigenvalue weighted by Crippen LogP contribution is 2.21. The number of carbonyl (C=O) groups excluding carboxylic acids is 1. The second-order valence-corrected chi connectivity index (χ2v) is 7.95. The molecule has 1 aliphatic heterocycles. The van der Waals surface area contributed by atoms with E-state index in [1.807, 2.05) is 42.1 Å². The van der Waals surface area contributed by atoms with Crippen LogP contribution in [-0.4, -0.2) is 55.7 Å². The highest BCUT2D eigenvalue weighted by molar-refractivity contribution is 7.99. The average molecular weight is 405 g/mol. The van der Waals surface area contributed by atoms with Crippen molar-refractivity contribution in [2.75, 3.05) is 34.8 Å². The standard InChI is InChI=1S/C20H19N7OS/c28-20(13-5-6-18(21-12-13)27-7-9-29-10-8-27)24-17-11-16(25-26-17)19-22-14-3-1-2-4-15(14)23-19/h1-6,11-12H,7-10H2,(H,22,23)(H2,24,25,26,28). The summed E-state index contributed by atoms with van der Waals surface area (Å²) in [5.74, 6) is 3.98. The molecule has 1 fully saturated rings. The van der Waals surface area contributed by atoms with E-state index in [9.17, 15) is 4.79 Å². The van der Waals surface area contributed by atoms with Gasteiger partial charge >= 0.3 is 0 Å². The van der Waals surface area contributed by atoms with Gasteiger partial charge in [-0.3, -0.25) is 9.89 Å². The van der Waals surface area contributed by atoms with Gasteiger partial charge in [-0.05, 0) is 24.3 Å². The van der Waals surface area contributed by atoms with Crippen molar-refractivity contribution in [3.8, 4) is 11.5 Å². The van der Waals surface area contributed by atoms with Crippen LogP contribution < -0.4 is 10.2 Å². The molecule has 0 unspecified atom stereocenters. The minimum Gasteiger partial charge on any atom is -0.355 e. The first-order valence-electron chi connectivity index (χ1n) is 9.37. The first kappa shape index (κ1) is 17.7. The lowest BCUT2D eigenvalue weighted by Crippen LogP contribution is -2.33. The molecule has 9 heteroatoms. The SMILES string of the molecule is O=C(Nc1cc(-c2nc3ccccc3[nH]2)[nH]n1)c1ccc(N2CCSCC2)nc1. The van der Waals surface area contributed by atoms with E-state index in [1.54, 1.807) is 18.3 Å². The molecule has 0 bridgehead atoms. The molecule has 29 heavy (non-hydrogen) atoms. The molecule has 0 aliphatic carbocycles. The first-order valence-corrected chi connectivity index (χ1v) is 10.5. The van der Waals surface area contributed by atoms with E-state index in [0.29, 0.717) is 22.9 Å². The Balaban J connectivity index is 1.28. The molecule has 0 spiro atoms. The van der Waals surface area contributed by atoms with Crippen LogP contribution in [0.15, 0.2) is 48.7 Å². The molecular weight excluding hydrogens is 386 g/mol. The second kappa shape index (κ2) is 7.59. The zero-order valence-electron chi connectivity index (χ0n) is 15.6. The topological polar surface area (TPSA) is 103 Å². The lowest BCUT2D eigenvalue weighted by Gasteiger charge is -2.27. The Hall–Kier alpha value is -3.33. The predicted molar refractivity (Wildman–Crippen MR) is 115 cm³/mol. The van der Waals surface area contributed by atoms with E-state index in [4.69, 9.17) is 0 Å². The van der Waals surface area contributed by atoms with Crippen LogP contribution in [0, 0.1) is 0 Å². The van der Waals surface area contributed by atoms with Crippen molar-refractivity contribution in [2.24, 2.45) is 0 Å². The molecule has 3 aromatic heterocycles. The van der Waals surface area contributed by atoms with Crippen molar-refractivity contribution < 1.29 is 4.79 Å². The molecule has 8 nitrogen and oxygen atoms in total. The van der Waals surface area contributed by atoms with Crippen LogP contribution in [0.4, 0.5) is 11.6 Å². The number of H-pyrrole nitrogens is 2. The maximum absolute atomic E-state index is 12.5. The van der Waals surface area contributed by atoms with Crippen LogP contribution in [0.25, 0.3) is 22.6 Å². The maximum atomic E-state index is 12.5. The van der Waals surface area contributed by atoms with Crippen LogP contribution >= 0.6 is 11.8 Å². The van der Waals surface area contributed by atoms with Gasteiger partial charge in [-0.1, -0.05) is 12.1 Å². The number of benzene rings is 1. The third-order valence-corrected chi connectivity index (χ3v) is 5.75. The second-order valence-electron chi connectivity index (χ2n) is 6.73. The summed E-state index contributed by atoms with van der Waals surface area (Å²) in [6, 6.07) is 13.2. The van der Waals surface area contributed by atoms with Gasteiger partial charge < -0.3 is 15.2 Å². The highest BCUT2D eigenvalue weighted by atomic mass is 32.2. The number of hydrogen-bond acceptors (Lipinski definition) is 6. The number of amides is 1. The molecule has 4 heterocycles. The molecule has 1 saturated heterocycles. The molecule has 1 amide bonds. The molecule has 1 aromatic carbocycles. The summed E-state index contributed by atoms with van der Waals surface area (Å²) in [5.41, 5.74) is 3.02. The summed E-state index contributed by atoms with van der Waals surface area (Å²) in [6.07, 6.45) is 1.61. The normalized spacial score (nSPS) is 14.3. The van der Waals surface area contributed by atoms with Crippen molar-refractivity contribution in [3.05, 3.63) is 54.2 Å². The number of aromatic amines is 2. The van der Waals surface area contributed by atoms with Crippen molar-refractivity contribution in [1.82, 2.24) is 25.1 Å². The van der Waals surface area contributed by atoms with E-state index >= 15 is 0 Å². The van der Waals surface area contributed by atoms with Gasteiger partial charge in [0.05, 0.1) is 16.6 Å². The summed E-state index contributed by atoms with van der Waals surface area (Å²) in [6.45, 7) is 1.97. The smallest absolute Gasteiger partial charge is 0.258 e. The third-order valence-electron chi connectivity index (χ3n) is 4.81. The van der Waals surface area contributed by atoms with E-state index in [-0.39, 0.29) is 5.91 Å². The molecule has 4 aromatic rings. The summed E-state index contributed by atoms with van der Waals surface area (Å²) >= 11 is 1.95. The highest BCUT2D eigenvalue weighted by Gasteiger charge is 2.15. The van der Waals surface area contributed by atoms with E-state index in [2.05, 4.69) is 35.4 Å². The van der Waals surface area contributed by atoms with Gasteiger partial charge in [0, 0.05) is 36.9 Å². The van der Waals surface area contributed by atoms with Crippen molar-refractivity contribution in [2.45, 2.75) is 0 Å². The van der Waals surface area contributed by atoms with Crippen molar-refractivity contribution in [1.29, 1.82) is 0 Å². The van der Waals surface area contributed by atoms with Gasteiger partial charge in [0.25, 0.3) is 5.91 Å².